The molecule has 0 saturated carbocycles. The molecule has 11 heteroatoms. The number of nitriles is 1. The zero-order chi connectivity index (χ0) is 23.3. The number of nitrogens with zero attached hydrogens (tertiary/aromatic N) is 3. The van der Waals surface area contributed by atoms with Crippen LogP contribution in [0.15, 0.2) is 30.3 Å². The number of hydrazine groups is 1. The van der Waals surface area contributed by atoms with Gasteiger partial charge in [-0.25, -0.2) is 5.01 Å². The van der Waals surface area contributed by atoms with E-state index >= 15 is 0 Å². The van der Waals surface area contributed by atoms with Gasteiger partial charge in [-0.3, -0.25) is 29.0 Å². The second-order valence-corrected chi connectivity index (χ2v) is 7.58. The van der Waals surface area contributed by atoms with Crippen LogP contribution in [0, 0.1) is 11.3 Å². The smallest absolute Gasteiger partial charge is 0.306 e. The van der Waals surface area contributed by atoms with Crippen LogP contribution in [0.25, 0.3) is 0 Å². The summed E-state index contributed by atoms with van der Waals surface area (Å²) in [5.41, 5.74) is 0.353. The van der Waals surface area contributed by atoms with Crippen LogP contribution in [0.3, 0.4) is 0 Å². The fraction of sp³-hybridized carbons (Fsp3) is 0.429. The minimum atomic E-state index is -1.28. The molecule has 168 valence electrons. The zero-order valence-electron chi connectivity index (χ0n) is 17.2. The van der Waals surface area contributed by atoms with Crippen molar-refractivity contribution >= 4 is 29.6 Å². The van der Waals surface area contributed by atoms with Crippen molar-refractivity contribution in [2.75, 3.05) is 6.54 Å². The Bertz CT molecular complexity index is 959. The molecule has 0 bridgehead atoms. The van der Waals surface area contributed by atoms with Gasteiger partial charge in [-0.2, -0.15) is 5.26 Å². The van der Waals surface area contributed by atoms with E-state index in [2.05, 4.69) is 10.6 Å². The summed E-state index contributed by atoms with van der Waals surface area (Å²) in [6, 6.07) is 6.62. The first-order valence-electron chi connectivity index (χ1n) is 10.2. The summed E-state index contributed by atoms with van der Waals surface area (Å²) in [6.45, 7) is 0.241. The molecule has 3 atom stereocenters. The van der Waals surface area contributed by atoms with Crippen molar-refractivity contribution in [1.82, 2.24) is 20.7 Å². The minimum absolute atomic E-state index is 0.0101. The van der Waals surface area contributed by atoms with Gasteiger partial charge in [0.05, 0.1) is 12.5 Å². The van der Waals surface area contributed by atoms with Crippen molar-refractivity contribution in [3.05, 3.63) is 35.9 Å². The third-order valence-electron chi connectivity index (χ3n) is 5.36. The number of nitrogens with one attached hydrogen (secondary N) is 2. The average molecular weight is 441 g/mol. The van der Waals surface area contributed by atoms with E-state index < -0.39 is 48.2 Å². The number of rotatable bonds is 6. The predicted molar refractivity (Wildman–Crippen MR) is 108 cm³/mol. The molecule has 3 N–H and O–H groups in total. The monoisotopic (exact) mass is 441 g/mol. The lowest BCUT2D eigenvalue weighted by atomic mass is 10.0. The number of carbonyl (C=O) groups is 5. The molecule has 2 aliphatic heterocycles. The first-order chi connectivity index (χ1) is 15.3. The molecule has 0 aromatic heterocycles. The molecule has 0 radical (unpaired) electrons. The Hall–Kier alpha value is -3.94. The molecule has 0 aliphatic carbocycles. The van der Waals surface area contributed by atoms with E-state index in [-0.39, 0.29) is 31.7 Å². The fourth-order valence-electron chi connectivity index (χ4n) is 3.81. The molecule has 2 fully saturated rings. The molecule has 0 spiro atoms. The number of benzene rings is 1. The number of hydrogen-bond donors (Lipinski definition) is 3. The number of carbonyl (C=O) groups excluding carboxylic acids is 4. The quantitative estimate of drug-likeness (QED) is 0.551. The van der Waals surface area contributed by atoms with Gasteiger partial charge < -0.3 is 15.7 Å². The van der Waals surface area contributed by atoms with E-state index in [1.165, 1.54) is 5.01 Å². The summed E-state index contributed by atoms with van der Waals surface area (Å²) >= 11 is 0. The van der Waals surface area contributed by atoms with E-state index in [1.54, 1.807) is 36.4 Å². The Morgan fingerprint density at radius 1 is 1.19 bits per heavy atom. The predicted octanol–water partition coefficient (Wildman–Crippen LogP) is -0.204. The molecule has 2 heterocycles. The van der Waals surface area contributed by atoms with E-state index in [9.17, 15) is 24.0 Å². The van der Waals surface area contributed by atoms with Gasteiger partial charge >= 0.3 is 5.97 Å². The fourth-order valence-corrected chi connectivity index (χ4v) is 3.81. The Labute approximate surface area is 183 Å². The summed E-state index contributed by atoms with van der Waals surface area (Å²) in [6.07, 6.45) is 0.172. The van der Waals surface area contributed by atoms with Gasteiger partial charge in [0.2, 0.25) is 11.8 Å². The van der Waals surface area contributed by atoms with Gasteiger partial charge in [-0.15, -0.1) is 0 Å². The second kappa shape index (κ2) is 9.91. The molecule has 2 saturated heterocycles. The molecule has 1 aromatic rings. The van der Waals surface area contributed by atoms with Crippen LogP contribution in [0.4, 0.5) is 0 Å². The van der Waals surface area contributed by atoms with Crippen molar-refractivity contribution in [1.29, 1.82) is 5.26 Å². The highest BCUT2D eigenvalue weighted by molar-refractivity contribution is 5.99. The summed E-state index contributed by atoms with van der Waals surface area (Å²) in [5, 5.41) is 25.3. The van der Waals surface area contributed by atoms with Crippen LogP contribution in [0.5, 0.6) is 0 Å². The van der Waals surface area contributed by atoms with Crippen molar-refractivity contribution in [2.24, 2.45) is 0 Å². The third kappa shape index (κ3) is 5.03. The molecule has 1 aromatic carbocycles. The molecule has 32 heavy (non-hydrogen) atoms. The summed E-state index contributed by atoms with van der Waals surface area (Å²) in [4.78, 5) is 62.3. The molecule has 11 nitrogen and oxygen atoms in total. The lowest BCUT2D eigenvalue weighted by molar-refractivity contribution is -0.176. The largest absolute Gasteiger partial charge is 0.481 e. The van der Waals surface area contributed by atoms with Gasteiger partial charge in [-0.05, 0) is 31.4 Å². The normalized spacial score (nSPS) is 21.6. The van der Waals surface area contributed by atoms with Crippen molar-refractivity contribution in [3.63, 3.8) is 0 Å². The first-order valence-corrected chi connectivity index (χ1v) is 10.2. The maximum absolute atomic E-state index is 13.3. The standard InChI is InChI=1S/C21H23N5O6/c22-12-14(11-18(28)29)23-20(31)16-7-4-10-25-17(27)9-8-15(21(32)26(16)25)24-19(30)13-5-2-1-3-6-13/h1-3,5-6,14-16H,4,7-11H2,(H,23,31)(H,24,30)(H,28,29)/t14-,15-,16-/m0/s1. The van der Waals surface area contributed by atoms with Crippen LogP contribution in [-0.2, 0) is 19.2 Å². The maximum atomic E-state index is 13.3. The minimum Gasteiger partial charge on any atom is -0.481 e. The molecular weight excluding hydrogens is 418 g/mol. The Morgan fingerprint density at radius 2 is 1.91 bits per heavy atom. The third-order valence-corrected chi connectivity index (χ3v) is 5.36. The highest BCUT2D eigenvalue weighted by Gasteiger charge is 2.44. The molecular formula is C21H23N5O6. The number of hydrogen-bond acceptors (Lipinski definition) is 6. The van der Waals surface area contributed by atoms with Crippen molar-refractivity contribution in [2.45, 2.75) is 50.2 Å². The first kappa shape index (κ1) is 22.7. The molecule has 2 aliphatic rings. The van der Waals surface area contributed by atoms with Gasteiger partial charge in [-0.1, -0.05) is 18.2 Å². The van der Waals surface area contributed by atoms with Crippen molar-refractivity contribution < 1.29 is 29.1 Å². The van der Waals surface area contributed by atoms with Crippen LogP contribution in [-0.4, -0.2) is 69.4 Å². The lowest BCUT2D eigenvalue weighted by Crippen LogP contribution is -2.64. The SMILES string of the molecule is N#C[C@H](CC(=O)O)NC(=O)[C@@H]1CCCN2C(=O)CC[C@H](NC(=O)c3ccccc3)C(=O)N12. The number of amides is 4. The topological polar surface area (TPSA) is 160 Å². The number of aliphatic carboxylic acids is 1. The highest BCUT2D eigenvalue weighted by atomic mass is 16.4. The Kier molecular flexibility index (Phi) is 7.04. The molecule has 3 rings (SSSR count). The Balaban J connectivity index is 1.81. The van der Waals surface area contributed by atoms with E-state index in [0.29, 0.717) is 12.0 Å². The maximum Gasteiger partial charge on any atom is 0.306 e. The second-order valence-electron chi connectivity index (χ2n) is 7.58. The summed E-state index contributed by atoms with van der Waals surface area (Å²) < 4.78 is 0. The molecule has 4 amide bonds. The Morgan fingerprint density at radius 3 is 2.56 bits per heavy atom. The van der Waals surface area contributed by atoms with Crippen molar-refractivity contribution in [3.8, 4) is 6.07 Å². The lowest BCUT2D eigenvalue weighted by Gasteiger charge is -2.43. The van der Waals surface area contributed by atoms with Gasteiger partial charge in [0.1, 0.15) is 18.1 Å². The van der Waals surface area contributed by atoms with Crippen LogP contribution in [0.1, 0.15) is 42.5 Å². The van der Waals surface area contributed by atoms with E-state index in [4.69, 9.17) is 10.4 Å². The average Bonchev–Trinajstić information content (AvgIpc) is 2.90. The summed E-state index contributed by atoms with van der Waals surface area (Å²) in [7, 11) is 0. The van der Waals surface area contributed by atoms with Crippen LogP contribution < -0.4 is 10.6 Å². The summed E-state index contributed by atoms with van der Waals surface area (Å²) in [5.74, 6) is -3.42. The molecule has 0 unspecified atom stereocenters. The highest BCUT2D eigenvalue weighted by Crippen LogP contribution is 2.25. The zero-order valence-corrected chi connectivity index (χ0v) is 17.2. The van der Waals surface area contributed by atoms with Crippen LogP contribution >= 0.6 is 0 Å². The van der Waals surface area contributed by atoms with Gasteiger partial charge in [0.25, 0.3) is 11.8 Å². The number of carboxylic acid groups (broad SMARTS) is 1. The number of carboxylic acids is 1. The van der Waals surface area contributed by atoms with Crippen LogP contribution in [0.2, 0.25) is 0 Å². The van der Waals surface area contributed by atoms with Gasteiger partial charge in [0, 0.05) is 18.5 Å². The van der Waals surface area contributed by atoms with E-state index in [0.717, 1.165) is 5.01 Å². The van der Waals surface area contributed by atoms with Gasteiger partial charge in [0.15, 0.2) is 0 Å². The number of fused-ring (bicyclic) bond motifs is 1. The van der Waals surface area contributed by atoms with E-state index in [1.807, 2.05) is 0 Å².